The van der Waals surface area contributed by atoms with Crippen LogP contribution >= 0.6 is 0 Å². The van der Waals surface area contributed by atoms with Crippen LogP contribution in [0.2, 0.25) is 0 Å². The van der Waals surface area contributed by atoms with Gasteiger partial charge in [-0.05, 0) is 32.0 Å². The predicted octanol–water partition coefficient (Wildman–Crippen LogP) is 5.66. The van der Waals surface area contributed by atoms with Gasteiger partial charge in [0.15, 0.2) is 34.5 Å². The van der Waals surface area contributed by atoms with E-state index in [2.05, 4.69) is 15.6 Å². The molecule has 5 rings (SSSR count). The van der Waals surface area contributed by atoms with E-state index in [1.807, 2.05) is 18.7 Å². The van der Waals surface area contributed by atoms with Crippen molar-refractivity contribution in [3.05, 3.63) is 69.6 Å². The maximum atomic E-state index is 15.2. The number of anilines is 4. The number of ketones is 1. The maximum absolute atomic E-state index is 15.2. The van der Waals surface area contributed by atoms with Gasteiger partial charge in [-0.3, -0.25) is 14.9 Å². The van der Waals surface area contributed by atoms with E-state index in [1.54, 1.807) is 12.1 Å². The third-order valence-electron chi connectivity index (χ3n) is 6.83. The summed E-state index contributed by atoms with van der Waals surface area (Å²) in [6.07, 6.45) is 1.31. The summed E-state index contributed by atoms with van der Waals surface area (Å²) in [5.74, 6) is -4.44. The number of hydrogen-bond donors (Lipinski definition) is 2. The van der Waals surface area contributed by atoms with Crippen molar-refractivity contribution in [1.82, 2.24) is 4.98 Å². The number of morpholine rings is 1. The zero-order valence-corrected chi connectivity index (χ0v) is 23.8. The first-order chi connectivity index (χ1) is 20.6. The van der Waals surface area contributed by atoms with Gasteiger partial charge in [0, 0.05) is 42.3 Å². The molecule has 2 aromatic heterocycles. The number of methoxy groups -OCH3 is 2. The van der Waals surface area contributed by atoms with Gasteiger partial charge in [0.2, 0.25) is 5.78 Å². The first-order valence-corrected chi connectivity index (χ1v) is 13.3. The molecule has 14 heteroatoms. The average molecular weight is 598 g/mol. The minimum Gasteiger partial charge on any atom is -0.494 e. The van der Waals surface area contributed by atoms with Crippen LogP contribution < -0.4 is 25.0 Å². The molecule has 12 nitrogen and oxygen atoms in total. The number of carbonyl (C=O) groups is 1. The lowest BCUT2D eigenvalue weighted by Gasteiger charge is -2.28. The van der Waals surface area contributed by atoms with E-state index in [0.717, 1.165) is 6.07 Å². The van der Waals surface area contributed by atoms with Crippen LogP contribution in [0, 0.1) is 21.7 Å². The Hall–Kier alpha value is -4.98. The van der Waals surface area contributed by atoms with Crippen molar-refractivity contribution in [2.75, 3.05) is 56.1 Å². The number of nitrogens with zero attached hydrogens (tertiary/aromatic N) is 3. The van der Waals surface area contributed by atoms with Crippen molar-refractivity contribution in [2.24, 2.45) is 0 Å². The molecule has 3 heterocycles. The zero-order chi connectivity index (χ0) is 30.8. The van der Waals surface area contributed by atoms with Gasteiger partial charge in [-0.2, -0.15) is 0 Å². The number of ether oxygens (including phenoxy) is 3. The molecular weight excluding hydrogens is 568 g/mol. The number of aromatic nitrogens is 1. The summed E-state index contributed by atoms with van der Waals surface area (Å²) in [4.78, 5) is 31.4. The van der Waals surface area contributed by atoms with Crippen molar-refractivity contribution >= 4 is 45.3 Å². The minimum atomic E-state index is -1.21. The Bertz CT molecular complexity index is 1670. The first-order valence-electron chi connectivity index (χ1n) is 13.3. The first kappa shape index (κ1) is 29.5. The van der Waals surface area contributed by atoms with Crippen LogP contribution in [0.15, 0.2) is 40.9 Å². The van der Waals surface area contributed by atoms with Crippen LogP contribution in [0.4, 0.5) is 37.3 Å². The third-order valence-corrected chi connectivity index (χ3v) is 6.83. The number of furan rings is 1. The Morgan fingerprint density at radius 1 is 1.09 bits per heavy atom. The van der Waals surface area contributed by atoms with E-state index in [0.29, 0.717) is 37.4 Å². The molecule has 0 saturated carbocycles. The van der Waals surface area contributed by atoms with Crippen molar-refractivity contribution < 1.29 is 37.1 Å². The van der Waals surface area contributed by atoms with E-state index < -0.39 is 27.9 Å². The van der Waals surface area contributed by atoms with Gasteiger partial charge in [-0.15, -0.1) is 0 Å². The number of benzene rings is 2. The van der Waals surface area contributed by atoms with Crippen molar-refractivity contribution in [3.63, 3.8) is 0 Å². The SMILES string of the molecule is COc1cc(OC)c(F)c(C(=O)c2oc3cnc(Nc4ccc(N5CCOCC5)cc4[N+](=O)[O-])cc3c2NC(C)C)c1F. The summed E-state index contributed by atoms with van der Waals surface area (Å²) in [7, 11) is 2.36. The van der Waals surface area contributed by atoms with Gasteiger partial charge in [-0.1, -0.05) is 0 Å². The van der Waals surface area contributed by atoms with Crippen LogP contribution in [0.25, 0.3) is 11.0 Å². The Morgan fingerprint density at radius 2 is 1.77 bits per heavy atom. The maximum Gasteiger partial charge on any atom is 0.294 e. The van der Waals surface area contributed by atoms with Gasteiger partial charge >= 0.3 is 0 Å². The van der Waals surface area contributed by atoms with E-state index >= 15 is 8.78 Å². The van der Waals surface area contributed by atoms with Crippen molar-refractivity contribution in [1.29, 1.82) is 0 Å². The number of rotatable bonds is 10. The molecule has 0 unspecified atom stereocenters. The largest absolute Gasteiger partial charge is 0.494 e. The van der Waals surface area contributed by atoms with Gasteiger partial charge in [0.25, 0.3) is 5.69 Å². The van der Waals surface area contributed by atoms with E-state index in [-0.39, 0.29) is 51.8 Å². The fourth-order valence-electron chi connectivity index (χ4n) is 4.79. The lowest BCUT2D eigenvalue weighted by molar-refractivity contribution is -0.383. The average Bonchev–Trinajstić information content (AvgIpc) is 3.34. The number of nitro groups is 1. The molecule has 43 heavy (non-hydrogen) atoms. The van der Waals surface area contributed by atoms with Crippen LogP contribution in [-0.2, 0) is 4.74 Å². The standard InChI is InChI=1S/C29H29F2N5O7/c1-15(2)33-27-17-12-23(34-18-6-5-16(11-19(18)36(38)39)35-7-9-42-10-8-35)32-14-22(17)43-29(27)28(37)24-25(30)20(40-3)13-21(41-4)26(24)31/h5-6,11-15,33H,7-10H2,1-4H3,(H,32,34). The fourth-order valence-corrected chi connectivity index (χ4v) is 4.79. The highest BCUT2D eigenvalue weighted by Crippen LogP contribution is 2.39. The lowest BCUT2D eigenvalue weighted by Crippen LogP contribution is -2.36. The second-order valence-corrected chi connectivity index (χ2v) is 9.97. The van der Waals surface area contributed by atoms with Gasteiger partial charge in [0.05, 0.1) is 44.2 Å². The molecule has 0 radical (unpaired) electrons. The summed E-state index contributed by atoms with van der Waals surface area (Å²) in [6.45, 7) is 5.91. The molecule has 0 atom stereocenters. The normalized spacial score (nSPS) is 13.3. The molecule has 0 amide bonds. The molecule has 1 aliphatic rings. The monoisotopic (exact) mass is 597 g/mol. The summed E-state index contributed by atoms with van der Waals surface area (Å²) < 4.78 is 51.5. The predicted molar refractivity (Wildman–Crippen MR) is 155 cm³/mol. The number of hydrogen-bond acceptors (Lipinski definition) is 11. The number of halogens is 2. The number of nitro benzene ring substituents is 1. The van der Waals surface area contributed by atoms with E-state index in [9.17, 15) is 14.9 Å². The lowest BCUT2D eigenvalue weighted by atomic mass is 10.0. The van der Waals surface area contributed by atoms with Crippen LogP contribution in [0.1, 0.15) is 30.0 Å². The molecule has 0 spiro atoms. The minimum absolute atomic E-state index is 0.143. The Balaban J connectivity index is 1.56. The molecule has 2 N–H and O–H groups in total. The molecule has 0 bridgehead atoms. The summed E-state index contributed by atoms with van der Waals surface area (Å²) in [6, 6.07) is 7.15. The molecular formula is C29H29F2N5O7. The number of fused-ring (bicyclic) bond motifs is 1. The molecule has 1 saturated heterocycles. The highest BCUT2D eigenvalue weighted by molar-refractivity contribution is 6.15. The fraction of sp³-hybridized carbons (Fsp3) is 0.310. The topological polar surface area (TPSA) is 141 Å². The smallest absolute Gasteiger partial charge is 0.294 e. The second-order valence-electron chi connectivity index (χ2n) is 9.97. The number of nitrogens with one attached hydrogen (secondary N) is 2. The third kappa shape index (κ3) is 5.73. The van der Waals surface area contributed by atoms with Crippen LogP contribution in [0.5, 0.6) is 11.5 Å². The highest BCUT2D eigenvalue weighted by Gasteiger charge is 2.32. The van der Waals surface area contributed by atoms with Crippen molar-refractivity contribution in [2.45, 2.75) is 19.9 Å². The molecule has 2 aromatic carbocycles. The summed E-state index contributed by atoms with van der Waals surface area (Å²) in [5.41, 5.74) is 0.124. The van der Waals surface area contributed by atoms with E-state index in [1.165, 1.54) is 32.5 Å². The van der Waals surface area contributed by atoms with Gasteiger partial charge in [0.1, 0.15) is 17.1 Å². The van der Waals surface area contributed by atoms with Crippen LogP contribution in [-0.4, -0.2) is 62.3 Å². The Morgan fingerprint density at radius 3 is 2.37 bits per heavy atom. The summed E-state index contributed by atoms with van der Waals surface area (Å²) in [5, 5.41) is 18.4. The molecule has 226 valence electrons. The zero-order valence-electron chi connectivity index (χ0n) is 23.8. The van der Waals surface area contributed by atoms with Gasteiger partial charge in [-0.25, -0.2) is 13.8 Å². The molecule has 1 aliphatic heterocycles. The Labute approximate surface area is 244 Å². The quantitative estimate of drug-likeness (QED) is 0.133. The Kier molecular flexibility index (Phi) is 8.30. The van der Waals surface area contributed by atoms with Crippen LogP contribution in [0.3, 0.4) is 0 Å². The number of carbonyl (C=O) groups excluding carboxylic acids is 1. The molecule has 4 aromatic rings. The summed E-state index contributed by atoms with van der Waals surface area (Å²) >= 11 is 0. The van der Waals surface area contributed by atoms with E-state index in [4.69, 9.17) is 18.6 Å². The molecule has 1 fully saturated rings. The van der Waals surface area contributed by atoms with Gasteiger partial charge < -0.3 is 34.2 Å². The number of pyridine rings is 1. The molecule has 0 aliphatic carbocycles. The highest BCUT2D eigenvalue weighted by atomic mass is 19.1. The van der Waals surface area contributed by atoms with Crippen molar-refractivity contribution in [3.8, 4) is 11.5 Å². The second kappa shape index (κ2) is 12.1.